The van der Waals surface area contributed by atoms with Crippen LogP contribution in [-0.4, -0.2) is 47.8 Å². The van der Waals surface area contributed by atoms with Crippen molar-refractivity contribution < 1.29 is 23.9 Å². The van der Waals surface area contributed by atoms with Crippen molar-refractivity contribution in [3.63, 3.8) is 0 Å². The fraction of sp³-hybridized carbons (Fsp3) is 0.500. The molecule has 24 heavy (non-hydrogen) atoms. The van der Waals surface area contributed by atoms with Crippen LogP contribution in [0.1, 0.15) is 36.4 Å². The molecule has 0 bridgehead atoms. The van der Waals surface area contributed by atoms with Gasteiger partial charge in [-0.3, -0.25) is 19.3 Å². The van der Waals surface area contributed by atoms with E-state index in [0.717, 1.165) is 4.90 Å². The van der Waals surface area contributed by atoms with E-state index in [-0.39, 0.29) is 17.7 Å². The monoisotopic (exact) mass is 352 g/mol. The molecule has 2 heterocycles. The van der Waals surface area contributed by atoms with Crippen molar-refractivity contribution in [3.05, 3.63) is 22.4 Å². The lowest BCUT2D eigenvalue weighted by atomic mass is 10.0. The highest BCUT2D eigenvalue weighted by Crippen LogP contribution is 2.12. The summed E-state index contributed by atoms with van der Waals surface area (Å²) in [7, 11) is 0. The second kappa shape index (κ2) is 8.05. The SMILES string of the molecule is CC(C)[C@@H](NC(=O)c1cccs1)C(=O)OCC(=O)N1CCCC1=O. The molecule has 0 aromatic carbocycles. The molecule has 1 aromatic heterocycles. The highest BCUT2D eigenvalue weighted by atomic mass is 32.1. The van der Waals surface area contributed by atoms with Gasteiger partial charge in [0.15, 0.2) is 6.61 Å². The quantitative estimate of drug-likeness (QED) is 0.777. The van der Waals surface area contributed by atoms with E-state index in [2.05, 4.69) is 5.32 Å². The Labute approximate surface area is 144 Å². The highest BCUT2D eigenvalue weighted by Gasteiger charge is 2.30. The first-order valence-electron chi connectivity index (χ1n) is 7.74. The number of amides is 3. The first-order valence-corrected chi connectivity index (χ1v) is 8.62. The molecule has 7 nitrogen and oxygen atoms in total. The Morgan fingerprint density at radius 2 is 2.12 bits per heavy atom. The van der Waals surface area contributed by atoms with Crippen LogP contribution in [0.3, 0.4) is 0 Å². The minimum Gasteiger partial charge on any atom is -0.454 e. The molecule has 1 aliphatic heterocycles. The Balaban J connectivity index is 1.90. The molecule has 1 fully saturated rings. The van der Waals surface area contributed by atoms with Crippen LogP contribution in [0.2, 0.25) is 0 Å². The number of thiophene rings is 1. The number of ether oxygens (including phenoxy) is 1. The summed E-state index contributed by atoms with van der Waals surface area (Å²) in [5.74, 6) is -2.03. The fourth-order valence-electron chi connectivity index (χ4n) is 2.33. The van der Waals surface area contributed by atoms with Crippen LogP contribution >= 0.6 is 11.3 Å². The summed E-state index contributed by atoms with van der Waals surface area (Å²) < 4.78 is 5.01. The van der Waals surface area contributed by atoms with Gasteiger partial charge in [0.1, 0.15) is 6.04 Å². The maximum absolute atomic E-state index is 12.2. The van der Waals surface area contributed by atoms with Crippen molar-refractivity contribution in [1.29, 1.82) is 0 Å². The minimum absolute atomic E-state index is 0.204. The molecule has 3 amide bonds. The molecule has 0 saturated carbocycles. The first kappa shape index (κ1) is 18.1. The van der Waals surface area contributed by atoms with Crippen LogP contribution < -0.4 is 5.32 Å². The molecule has 1 N–H and O–H groups in total. The number of hydrogen-bond donors (Lipinski definition) is 1. The smallest absolute Gasteiger partial charge is 0.329 e. The summed E-state index contributed by atoms with van der Waals surface area (Å²) in [6.45, 7) is 3.40. The summed E-state index contributed by atoms with van der Waals surface area (Å²) in [5.41, 5.74) is 0. The summed E-state index contributed by atoms with van der Waals surface area (Å²) in [4.78, 5) is 49.3. The number of nitrogens with zero attached hydrogens (tertiary/aromatic N) is 1. The topological polar surface area (TPSA) is 92.8 Å². The molecule has 2 rings (SSSR count). The second-order valence-electron chi connectivity index (χ2n) is 5.82. The molecule has 8 heteroatoms. The van der Waals surface area contributed by atoms with E-state index in [1.54, 1.807) is 31.4 Å². The Kier molecular flexibility index (Phi) is 6.08. The summed E-state index contributed by atoms with van der Waals surface area (Å²) in [6, 6.07) is 2.54. The van der Waals surface area contributed by atoms with Crippen molar-refractivity contribution in [2.75, 3.05) is 13.2 Å². The lowest BCUT2D eigenvalue weighted by molar-refractivity contribution is -0.156. The molecule has 1 aliphatic rings. The molecule has 1 atom stereocenters. The lowest BCUT2D eigenvalue weighted by Gasteiger charge is -2.21. The van der Waals surface area contributed by atoms with Crippen LogP contribution in [-0.2, 0) is 19.1 Å². The van der Waals surface area contributed by atoms with E-state index in [0.29, 0.717) is 24.3 Å². The summed E-state index contributed by atoms with van der Waals surface area (Å²) in [6.07, 6.45) is 0.967. The molecule has 0 radical (unpaired) electrons. The summed E-state index contributed by atoms with van der Waals surface area (Å²) in [5, 5.41) is 4.39. The molecular weight excluding hydrogens is 332 g/mol. The molecule has 130 valence electrons. The Morgan fingerprint density at radius 1 is 1.38 bits per heavy atom. The fourth-order valence-corrected chi connectivity index (χ4v) is 2.96. The van der Waals surface area contributed by atoms with E-state index in [9.17, 15) is 19.2 Å². The van der Waals surface area contributed by atoms with Gasteiger partial charge in [-0.2, -0.15) is 0 Å². The van der Waals surface area contributed by atoms with Gasteiger partial charge in [-0.15, -0.1) is 11.3 Å². The Morgan fingerprint density at radius 3 is 2.67 bits per heavy atom. The molecule has 0 spiro atoms. The second-order valence-corrected chi connectivity index (χ2v) is 6.77. The molecular formula is C16H20N2O5S. The highest BCUT2D eigenvalue weighted by molar-refractivity contribution is 7.12. The van der Waals surface area contributed by atoms with Crippen molar-refractivity contribution in [1.82, 2.24) is 10.2 Å². The van der Waals surface area contributed by atoms with Crippen molar-refractivity contribution in [3.8, 4) is 0 Å². The third kappa shape index (κ3) is 4.41. The van der Waals surface area contributed by atoms with Crippen molar-refractivity contribution in [2.45, 2.75) is 32.7 Å². The number of hydrogen-bond acceptors (Lipinski definition) is 6. The number of carbonyl (C=O) groups is 4. The normalized spacial score (nSPS) is 15.5. The maximum atomic E-state index is 12.2. The van der Waals surface area contributed by atoms with Gasteiger partial charge < -0.3 is 10.1 Å². The van der Waals surface area contributed by atoms with Crippen LogP contribution in [0.5, 0.6) is 0 Å². The molecule has 0 unspecified atom stereocenters. The number of esters is 1. The lowest BCUT2D eigenvalue weighted by Crippen LogP contribution is -2.46. The largest absolute Gasteiger partial charge is 0.454 e. The van der Waals surface area contributed by atoms with Gasteiger partial charge in [-0.1, -0.05) is 19.9 Å². The predicted octanol–water partition coefficient (Wildman–Crippen LogP) is 1.19. The number of carbonyl (C=O) groups excluding carboxylic acids is 4. The average Bonchev–Trinajstić information content (AvgIpc) is 3.20. The first-order chi connectivity index (χ1) is 11.4. The van der Waals surface area contributed by atoms with Gasteiger partial charge in [0, 0.05) is 13.0 Å². The third-order valence-corrected chi connectivity index (χ3v) is 4.53. The van der Waals surface area contributed by atoms with Gasteiger partial charge in [0.05, 0.1) is 4.88 Å². The van der Waals surface area contributed by atoms with E-state index in [4.69, 9.17) is 4.74 Å². The summed E-state index contributed by atoms with van der Waals surface area (Å²) >= 11 is 1.27. The van der Waals surface area contributed by atoms with Gasteiger partial charge in [0.25, 0.3) is 11.8 Å². The predicted molar refractivity (Wildman–Crippen MR) is 87.3 cm³/mol. The average molecular weight is 352 g/mol. The molecule has 0 aliphatic carbocycles. The number of nitrogens with one attached hydrogen (secondary N) is 1. The van der Waals surface area contributed by atoms with Crippen LogP contribution in [0, 0.1) is 5.92 Å². The van der Waals surface area contributed by atoms with Gasteiger partial charge in [-0.05, 0) is 23.8 Å². The third-order valence-electron chi connectivity index (χ3n) is 3.66. The maximum Gasteiger partial charge on any atom is 0.329 e. The number of imide groups is 1. The number of likely N-dealkylation sites (tertiary alicyclic amines) is 1. The van der Waals surface area contributed by atoms with E-state index >= 15 is 0 Å². The van der Waals surface area contributed by atoms with E-state index in [1.165, 1.54) is 11.3 Å². The zero-order valence-corrected chi connectivity index (χ0v) is 14.4. The zero-order valence-electron chi connectivity index (χ0n) is 13.6. The Hall–Kier alpha value is -2.22. The number of rotatable bonds is 6. The van der Waals surface area contributed by atoms with Gasteiger partial charge in [0.2, 0.25) is 5.91 Å². The van der Waals surface area contributed by atoms with Gasteiger partial charge in [-0.25, -0.2) is 4.79 Å². The Bertz CT molecular complexity index is 626. The molecule has 1 aromatic rings. The van der Waals surface area contributed by atoms with Crippen molar-refractivity contribution >= 4 is 35.0 Å². The van der Waals surface area contributed by atoms with Crippen LogP contribution in [0.4, 0.5) is 0 Å². The minimum atomic E-state index is -0.860. The van der Waals surface area contributed by atoms with Crippen LogP contribution in [0.25, 0.3) is 0 Å². The van der Waals surface area contributed by atoms with E-state index in [1.807, 2.05) is 0 Å². The standard InChI is InChI=1S/C16H20N2O5S/c1-10(2)14(17-15(21)11-5-4-8-24-11)16(22)23-9-13(20)18-7-3-6-12(18)19/h4-5,8,10,14H,3,6-7,9H2,1-2H3,(H,17,21)/t14-/m1/s1. The van der Waals surface area contributed by atoms with Gasteiger partial charge >= 0.3 is 5.97 Å². The van der Waals surface area contributed by atoms with Crippen molar-refractivity contribution in [2.24, 2.45) is 5.92 Å². The van der Waals surface area contributed by atoms with Crippen LogP contribution in [0.15, 0.2) is 17.5 Å². The van der Waals surface area contributed by atoms with E-state index < -0.39 is 24.5 Å². The zero-order chi connectivity index (χ0) is 17.7. The molecule has 1 saturated heterocycles.